The summed E-state index contributed by atoms with van der Waals surface area (Å²) in [5.41, 5.74) is 5.58. The van der Waals surface area contributed by atoms with Crippen LogP contribution in [0.2, 0.25) is 0 Å². The number of rotatable bonds is 10. The second-order valence-corrected chi connectivity index (χ2v) is 8.34. The van der Waals surface area contributed by atoms with Crippen molar-refractivity contribution >= 4 is 17.2 Å². The van der Waals surface area contributed by atoms with Gasteiger partial charge >= 0.3 is 6.09 Å². The Labute approximate surface area is 203 Å². The van der Waals surface area contributed by atoms with Crippen LogP contribution in [0.3, 0.4) is 0 Å². The highest BCUT2D eigenvalue weighted by atomic mass is 16.6. The van der Waals surface area contributed by atoms with Crippen LogP contribution in [0, 0.1) is 0 Å². The fourth-order valence-electron chi connectivity index (χ4n) is 3.70. The lowest BCUT2D eigenvalue weighted by molar-refractivity contribution is 0.201. The highest BCUT2D eigenvalue weighted by Gasteiger charge is 2.12. The quantitative estimate of drug-likeness (QED) is 0.294. The van der Waals surface area contributed by atoms with Crippen LogP contribution in [-0.4, -0.2) is 44.8 Å². The Morgan fingerprint density at radius 3 is 1.97 bits per heavy atom. The van der Waals surface area contributed by atoms with Crippen molar-refractivity contribution in [2.75, 3.05) is 33.8 Å². The summed E-state index contributed by atoms with van der Waals surface area (Å²) < 4.78 is 11.2. The van der Waals surface area contributed by atoms with E-state index in [-0.39, 0.29) is 0 Å². The summed E-state index contributed by atoms with van der Waals surface area (Å²) in [4.78, 5) is 13.9. The molecule has 0 heterocycles. The zero-order chi connectivity index (χ0) is 24.3. The summed E-state index contributed by atoms with van der Waals surface area (Å²) in [7, 11) is 4.13. The molecule has 5 nitrogen and oxygen atoms in total. The first-order chi connectivity index (χ1) is 16.5. The van der Waals surface area contributed by atoms with Gasteiger partial charge in [-0.05, 0) is 86.5 Å². The molecule has 0 atom stereocenters. The number of benzene rings is 3. The lowest BCUT2D eigenvalue weighted by Gasteiger charge is -2.16. The van der Waals surface area contributed by atoms with Crippen LogP contribution in [0.25, 0.3) is 11.1 Å². The summed E-state index contributed by atoms with van der Waals surface area (Å²) >= 11 is 0. The highest BCUT2D eigenvalue weighted by Crippen LogP contribution is 2.33. The van der Waals surface area contributed by atoms with Crippen LogP contribution in [-0.2, 0) is 0 Å². The van der Waals surface area contributed by atoms with Gasteiger partial charge in [0, 0.05) is 13.1 Å². The maximum atomic E-state index is 11.7. The van der Waals surface area contributed by atoms with E-state index >= 15 is 0 Å². The van der Waals surface area contributed by atoms with Crippen molar-refractivity contribution in [2.24, 2.45) is 0 Å². The van der Waals surface area contributed by atoms with Crippen LogP contribution < -0.4 is 14.8 Å². The highest BCUT2D eigenvalue weighted by molar-refractivity contribution is 5.98. The zero-order valence-corrected chi connectivity index (χ0v) is 20.5. The number of nitrogens with one attached hydrogen (secondary N) is 1. The van der Waals surface area contributed by atoms with Crippen molar-refractivity contribution in [3.8, 4) is 11.5 Å². The molecule has 0 saturated carbocycles. The van der Waals surface area contributed by atoms with E-state index in [0.717, 1.165) is 46.6 Å². The molecule has 0 fully saturated rings. The molecule has 0 spiro atoms. The Balaban J connectivity index is 1.88. The first-order valence-electron chi connectivity index (χ1n) is 11.7. The van der Waals surface area contributed by atoms with Gasteiger partial charge in [-0.2, -0.15) is 0 Å². The number of allylic oxidation sites excluding steroid dienone is 1. The van der Waals surface area contributed by atoms with Crippen molar-refractivity contribution < 1.29 is 14.3 Å². The predicted octanol–water partition coefficient (Wildman–Crippen LogP) is 6.10. The number of hydrogen-bond donors (Lipinski definition) is 1. The monoisotopic (exact) mass is 458 g/mol. The van der Waals surface area contributed by atoms with Gasteiger partial charge < -0.3 is 19.7 Å². The molecule has 0 aliphatic rings. The molecule has 1 N–H and O–H groups in total. The summed E-state index contributed by atoms with van der Waals surface area (Å²) in [5.74, 6) is 1.37. The maximum absolute atomic E-state index is 11.7. The third kappa shape index (κ3) is 7.22. The first kappa shape index (κ1) is 25.1. The van der Waals surface area contributed by atoms with E-state index in [1.807, 2.05) is 61.5 Å². The van der Waals surface area contributed by atoms with Gasteiger partial charge in [0.05, 0.1) is 6.61 Å². The molecular weight excluding hydrogens is 424 g/mol. The minimum absolute atomic E-state index is 0.451. The molecule has 34 heavy (non-hydrogen) atoms. The normalized spacial score (nSPS) is 11.7. The predicted molar refractivity (Wildman–Crippen MR) is 139 cm³/mol. The molecular formula is C29H34N2O3. The Hall–Kier alpha value is -3.57. The van der Waals surface area contributed by atoms with E-state index in [1.54, 1.807) is 0 Å². The molecule has 3 rings (SSSR count). The smallest absolute Gasteiger partial charge is 0.412 e. The molecule has 0 saturated heterocycles. The van der Waals surface area contributed by atoms with Crippen molar-refractivity contribution in [1.29, 1.82) is 0 Å². The number of nitrogens with zero attached hydrogens (tertiary/aromatic N) is 1. The van der Waals surface area contributed by atoms with Crippen LogP contribution in [0.4, 0.5) is 4.79 Å². The van der Waals surface area contributed by atoms with Crippen molar-refractivity contribution in [3.05, 3.63) is 95.6 Å². The van der Waals surface area contributed by atoms with Crippen molar-refractivity contribution in [3.63, 3.8) is 0 Å². The Morgan fingerprint density at radius 2 is 1.41 bits per heavy atom. The van der Waals surface area contributed by atoms with E-state index in [1.165, 1.54) is 0 Å². The SMILES string of the molecule is CCNC(=O)Oc1ccc(/C(=C(\C)c2ccccc2)c2ccc(OCCCN(C)C)cc2)cc1. The van der Waals surface area contributed by atoms with E-state index in [9.17, 15) is 4.79 Å². The summed E-state index contributed by atoms with van der Waals surface area (Å²) in [6.45, 7) is 6.20. The lowest BCUT2D eigenvalue weighted by atomic mass is 9.90. The average Bonchev–Trinajstić information content (AvgIpc) is 2.84. The van der Waals surface area contributed by atoms with Crippen LogP contribution in [0.15, 0.2) is 78.9 Å². The van der Waals surface area contributed by atoms with Crippen molar-refractivity contribution in [2.45, 2.75) is 20.3 Å². The minimum Gasteiger partial charge on any atom is -0.494 e. The van der Waals surface area contributed by atoms with Crippen molar-refractivity contribution in [1.82, 2.24) is 10.2 Å². The van der Waals surface area contributed by atoms with Gasteiger partial charge in [-0.25, -0.2) is 4.79 Å². The summed E-state index contributed by atoms with van der Waals surface area (Å²) in [6, 6.07) is 26.2. The maximum Gasteiger partial charge on any atom is 0.412 e. The largest absolute Gasteiger partial charge is 0.494 e. The molecule has 0 aromatic heterocycles. The van der Waals surface area contributed by atoms with Gasteiger partial charge in [-0.1, -0.05) is 54.6 Å². The zero-order valence-electron chi connectivity index (χ0n) is 20.5. The van der Waals surface area contributed by atoms with Gasteiger partial charge in [0.1, 0.15) is 11.5 Å². The van der Waals surface area contributed by atoms with E-state index < -0.39 is 6.09 Å². The van der Waals surface area contributed by atoms with Crippen LogP contribution >= 0.6 is 0 Å². The molecule has 0 radical (unpaired) electrons. The number of carbonyl (C=O) groups excluding carboxylic acids is 1. The molecule has 0 aliphatic heterocycles. The fraction of sp³-hybridized carbons (Fsp3) is 0.276. The number of ether oxygens (including phenoxy) is 2. The third-order valence-electron chi connectivity index (χ3n) is 5.42. The molecule has 3 aromatic rings. The number of hydrogen-bond acceptors (Lipinski definition) is 4. The topological polar surface area (TPSA) is 50.8 Å². The Bertz CT molecular complexity index is 1070. The summed E-state index contributed by atoms with van der Waals surface area (Å²) in [6.07, 6.45) is 0.533. The van der Waals surface area contributed by atoms with E-state index in [0.29, 0.717) is 18.9 Å². The molecule has 178 valence electrons. The first-order valence-corrected chi connectivity index (χ1v) is 11.7. The molecule has 0 aliphatic carbocycles. The van der Waals surface area contributed by atoms with Gasteiger partial charge in [0.2, 0.25) is 0 Å². The molecule has 5 heteroatoms. The van der Waals surface area contributed by atoms with Crippen LogP contribution in [0.1, 0.15) is 37.0 Å². The molecule has 0 unspecified atom stereocenters. The van der Waals surface area contributed by atoms with Gasteiger partial charge in [0.15, 0.2) is 0 Å². The molecule has 1 amide bonds. The third-order valence-corrected chi connectivity index (χ3v) is 5.42. The van der Waals surface area contributed by atoms with E-state index in [2.05, 4.69) is 55.5 Å². The van der Waals surface area contributed by atoms with Gasteiger partial charge in [-0.3, -0.25) is 0 Å². The second kappa shape index (κ2) is 12.6. The second-order valence-electron chi connectivity index (χ2n) is 8.34. The average molecular weight is 459 g/mol. The van der Waals surface area contributed by atoms with Crippen LogP contribution in [0.5, 0.6) is 11.5 Å². The number of amides is 1. The fourth-order valence-corrected chi connectivity index (χ4v) is 3.70. The Kier molecular flexibility index (Phi) is 9.30. The standard InChI is InChI=1S/C29H34N2O3/c1-5-30-29(32)34-27-18-14-25(15-19-27)28(22(2)23-10-7-6-8-11-23)24-12-16-26(17-13-24)33-21-9-20-31(3)4/h6-8,10-19H,5,9,20-21H2,1-4H3,(H,30,32)/b28-22+. The lowest BCUT2D eigenvalue weighted by Crippen LogP contribution is -2.26. The van der Waals surface area contributed by atoms with Gasteiger partial charge in [-0.15, -0.1) is 0 Å². The summed E-state index contributed by atoms with van der Waals surface area (Å²) in [5, 5.41) is 2.64. The van der Waals surface area contributed by atoms with Gasteiger partial charge in [0.25, 0.3) is 0 Å². The Morgan fingerprint density at radius 1 is 0.824 bits per heavy atom. The molecule has 0 bridgehead atoms. The van der Waals surface area contributed by atoms with E-state index in [4.69, 9.17) is 9.47 Å². The molecule has 3 aromatic carbocycles. The minimum atomic E-state index is -0.451. The number of carbonyl (C=O) groups is 1.